The van der Waals surface area contributed by atoms with E-state index in [1.165, 1.54) is 11.8 Å². The van der Waals surface area contributed by atoms with Gasteiger partial charge >= 0.3 is 0 Å². The van der Waals surface area contributed by atoms with Crippen LogP contribution in [-0.4, -0.2) is 11.7 Å². The van der Waals surface area contributed by atoms with Gasteiger partial charge in [0.2, 0.25) is 5.91 Å². The number of carbonyl (C=O) groups is 1. The molecule has 3 nitrogen and oxygen atoms in total. The highest BCUT2D eigenvalue weighted by atomic mass is 35.5. The van der Waals surface area contributed by atoms with E-state index in [0.717, 1.165) is 16.1 Å². The van der Waals surface area contributed by atoms with Gasteiger partial charge in [-0.15, -0.1) is 11.8 Å². The normalized spacial score (nSPS) is 10.4. The Kier molecular flexibility index (Phi) is 5.39. The van der Waals surface area contributed by atoms with Crippen molar-refractivity contribution in [2.24, 2.45) is 0 Å². The lowest BCUT2D eigenvalue weighted by Crippen LogP contribution is -2.14. The van der Waals surface area contributed by atoms with Crippen LogP contribution in [0.25, 0.3) is 0 Å². The van der Waals surface area contributed by atoms with Gasteiger partial charge in [-0.3, -0.25) is 4.79 Å². The van der Waals surface area contributed by atoms with Crippen LogP contribution in [0.3, 0.4) is 0 Å². The summed E-state index contributed by atoms with van der Waals surface area (Å²) < 4.78 is 0. The van der Waals surface area contributed by atoms with Crippen molar-refractivity contribution in [2.45, 2.75) is 11.8 Å². The van der Waals surface area contributed by atoms with Crippen molar-refractivity contribution < 1.29 is 4.79 Å². The molecule has 0 fully saturated rings. The average Bonchev–Trinajstić information content (AvgIpc) is 2.42. The van der Waals surface area contributed by atoms with Gasteiger partial charge in [0, 0.05) is 26.3 Å². The first-order valence-corrected chi connectivity index (χ1v) is 7.93. The van der Waals surface area contributed by atoms with Crippen LogP contribution in [0.2, 0.25) is 10.0 Å². The molecule has 0 unspecified atom stereocenters. The third-order valence-electron chi connectivity index (χ3n) is 2.80. The summed E-state index contributed by atoms with van der Waals surface area (Å²) in [6, 6.07) is 10.6. The summed E-state index contributed by atoms with van der Waals surface area (Å²) in [6.07, 6.45) is 0. The number of benzene rings is 2. The van der Waals surface area contributed by atoms with E-state index in [0.29, 0.717) is 15.7 Å². The van der Waals surface area contributed by atoms with Gasteiger partial charge in [-0.25, -0.2) is 0 Å². The van der Waals surface area contributed by atoms with Crippen molar-refractivity contribution in [1.29, 1.82) is 0 Å². The van der Waals surface area contributed by atoms with E-state index < -0.39 is 0 Å². The van der Waals surface area contributed by atoms with Gasteiger partial charge < -0.3 is 11.1 Å². The number of anilines is 2. The summed E-state index contributed by atoms with van der Waals surface area (Å²) in [5.41, 5.74) is 8.10. The summed E-state index contributed by atoms with van der Waals surface area (Å²) in [5, 5.41) is 4.01. The largest absolute Gasteiger partial charge is 0.398 e. The molecule has 2 aromatic carbocycles. The number of thioether (sulfide) groups is 1. The molecule has 0 bridgehead atoms. The molecule has 0 radical (unpaired) electrons. The number of amides is 1. The number of hydrogen-bond acceptors (Lipinski definition) is 3. The molecule has 6 heteroatoms. The predicted molar refractivity (Wildman–Crippen MR) is 91.4 cm³/mol. The fourth-order valence-corrected chi connectivity index (χ4v) is 2.81. The molecule has 0 spiro atoms. The molecule has 2 aromatic rings. The lowest BCUT2D eigenvalue weighted by molar-refractivity contribution is -0.113. The molecule has 3 N–H and O–H groups in total. The van der Waals surface area contributed by atoms with Crippen molar-refractivity contribution in [3.8, 4) is 0 Å². The van der Waals surface area contributed by atoms with Crippen molar-refractivity contribution in [2.75, 3.05) is 16.8 Å². The molecule has 0 aromatic heterocycles. The van der Waals surface area contributed by atoms with E-state index >= 15 is 0 Å². The van der Waals surface area contributed by atoms with Gasteiger partial charge in [-0.2, -0.15) is 0 Å². The van der Waals surface area contributed by atoms with Gasteiger partial charge in [0.05, 0.1) is 5.75 Å². The maximum Gasteiger partial charge on any atom is 0.234 e. The topological polar surface area (TPSA) is 55.1 Å². The number of aryl methyl sites for hydroxylation is 1. The second-order valence-corrected chi connectivity index (χ2v) is 6.37. The molecule has 0 aliphatic rings. The number of hydrogen-bond donors (Lipinski definition) is 2. The number of nitrogens with one attached hydrogen (secondary N) is 1. The van der Waals surface area contributed by atoms with Gasteiger partial charge in [0.15, 0.2) is 0 Å². The lowest BCUT2D eigenvalue weighted by Gasteiger charge is -2.09. The van der Waals surface area contributed by atoms with Crippen molar-refractivity contribution in [1.82, 2.24) is 0 Å². The molecule has 0 saturated carbocycles. The molecular formula is C15H14Cl2N2OS. The summed E-state index contributed by atoms with van der Waals surface area (Å²) in [7, 11) is 0. The first-order chi connectivity index (χ1) is 9.95. The quantitative estimate of drug-likeness (QED) is 0.630. The summed E-state index contributed by atoms with van der Waals surface area (Å²) in [5.74, 6) is 0.150. The molecule has 0 saturated heterocycles. The number of nitrogens with two attached hydrogens (primary N) is 1. The Bertz CT molecular complexity index is 677. The van der Waals surface area contributed by atoms with Crippen molar-refractivity contribution in [3.63, 3.8) is 0 Å². The van der Waals surface area contributed by atoms with Crippen LogP contribution in [0.15, 0.2) is 41.3 Å². The zero-order valence-electron chi connectivity index (χ0n) is 11.3. The molecular weight excluding hydrogens is 327 g/mol. The Hall–Kier alpha value is -1.36. The maximum absolute atomic E-state index is 12.0. The molecule has 0 heterocycles. The van der Waals surface area contributed by atoms with Gasteiger partial charge in [0.25, 0.3) is 0 Å². The molecule has 2 rings (SSSR count). The van der Waals surface area contributed by atoms with E-state index in [1.807, 2.05) is 13.0 Å². The van der Waals surface area contributed by atoms with Crippen LogP contribution in [0.1, 0.15) is 5.56 Å². The molecule has 0 aliphatic carbocycles. The Morgan fingerprint density at radius 2 is 1.86 bits per heavy atom. The summed E-state index contributed by atoms with van der Waals surface area (Å²) in [4.78, 5) is 12.8. The third-order valence-corrected chi connectivity index (χ3v) is 4.36. The van der Waals surface area contributed by atoms with Crippen molar-refractivity contribution in [3.05, 3.63) is 52.0 Å². The fraction of sp³-hybridized carbons (Fsp3) is 0.133. The zero-order chi connectivity index (χ0) is 15.4. The first-order valence-electron chi connectivity index (χ1n) is 6.19. The minimum atomic E-state index is -0.111. The van der Waals surface area contributed by atoms with Gasteiger partial charge in [-0.1, -0.05) is 29.3 Å². The van der Waals surface area contributed by atoms with Gasteiger partial charge in [0.1, 0.15) is 0 Å². The maximum atomic E-state index is 12.0. The highest BCUT2D eigenvalue weighted by Gasteiger charge is 2.08. The molecule has 110 valence electrons. The fourth-order valence-electron chi connectivity index (χ4n) is 1.71. The van der Waals surface area contributed by atoms with E-state index in [1.54, 1.807) is 30.3 Å². The van der Waals surface area contributed by atoms with Crippen molar-refractivity contribution >= 4 is 52.2 Å². The Morgan fingerprint density at radius 3 is 2.57 bits per heavy atom. The predicted octanol–water partition coefficient (Wildman–Crippen LogP) is 4.61. The summed E-state index contributed by atoms with van der Waals surface area (Å²) in [6.45, 7) is 1.91. The van der Waals surface area contributed by atoms with E-state index in [4.69, 9.17) is 28.9 Å². The lowest BCUT2D eigenvalue weighted by atomic mass is 10.2. The minimum absolute atomic E-state index is 0.111. The van der Waals surface area contributed by atoms with Crippen LogP contribution in [0.4, 0.5) is 11.4 Å². The molecule has 0 atom stereocenters. The highest BCUT2D eigenvalue weighted by Crippen LogP contribution is 2.28. The highest BCUT2D eigenvalue weighted by molar-refractivity contribution is 8.00. The Morgan fingerprint density at radius 1 is 1.19 bits per heavy atom. The van der Waals surface area contributed by atoms with Crippen LogP contribution in [-0.2, 0) is 4.79 Å². The van der Waals surface area contributed by atoms with Crippen LogP contribution >= 0.6 is 35.0 Å². The monoisotopic (exact) mass is 340 g/mol. The van der Waals surface area contributed by atoms with E-state index in [9.17, 15) is 4.79 Å². The zero-order valence-corrected chi connectivity index (χ0v) is 13.6. The summed E-state index contributed by atoms with van der Waals surface area (Å²) >= 11 is 13.1. The first kappa shape index (κ1) is 16.0. The van der Waals surface area contributed by atoms with Crippen LogP contribution in [0.5, 0.6) is 0 Å². The second kappa shape index (κ2) is 7.07. The standard InChI is InChI=1S/C15H14Cl2N2OS/c1-9-2-3-11(17)7-13(9)19-15(20)8-21-14-5-4-10(16)6-12(14)18/h2-7H,8,18H2,1H3,(H,19,20). The van der Waals surface area contributed by atoms with Crippen LogP contribution in [0, 0.1) is 6.92 Å². The Balaban J connectivity index is 1.97. The number of halogens is 2. The smallest absolute Gasteiger partial charge is 0.234 e. The number of rotatable bonds is 4. The molecule has 21 heavy (non-hydrogen) atoms. The second-order valence-electron chi connectivity index (χ2n) is 4.48. The van der Waals surface area contributed by atoms with Gasteiger partial charge in [-0.05, 0) is 42.8 Å². The molecule has 1 amide bonds. The van der Waals surface area contributed by atoms with E-state index in [2.05, 4.69) is 5.32 Å². The van der Waals surface area contributed by atoms with E-state index in [-0.39, 0.29) is 11.7 Å². The Labute approximate surface area is 137 Å². The molecule has 0 aliphatic heterocycles. The average molecular weight is 341 g/mol. The third kappa shape index (κ3) is 4.56. The minimum Gasteiger partial charge on any atom is -0.398 e. The number of carbonyl (C=O) groups excluding carboxylic acids is 1. The SMILES string of the molecule is Cc1ccc(Cl)cc1NC(=O)CSc1ccc(Cl)cc1N. The van der Waals surface area contributed by atoms with Crippen LogP contribution < -0.4 is 11.1 Å². The number of nitrogen functional groups attached to an aromatic ring is 1.